The van der Waals surface area contributed by atoms with Crippen LogP contribution in [0.3, 0.4) is 0 Å². The summed E-state index contributed by atoms with van der Waals surface area (Å²) in [5, 5.41) is 0. The minimum Gasteiger partial charge on any atom is -0.370 e. The van der Waals surface area contributed by atoms with E-state index < -0.39 is 5.91 Å². The fourth-order valence-electron chi connectivity index (χ4n) is 2.98. The lowest BCUT2D eigenvalue weighted by molar-refractivity contribution is -0.134. The molecule has 2 rings (SSSR count). The van der Waals surface area contributed by atoms with E-state index in [0.717, 1.165) is 12.0 Å². The van der Waals surface area contributed by atoms with Gasteiger partial charge in [-0.05, 0) is 12.0 Å². The number of carbonyl (C=O) groups excluding carboxylic acids is 3. The van der Waals surface area contributed by atoms with E-state index in [0.29, 0.717) is 26.1 Å². The zero-order valence-electron chi connectivity index (χ0n) is 14.1. The lowest BCUT2D eigenvalue weighted by Crippen LogP contribution is -2.43. The van der Waals surface area contributed by atoms with E-state index in [1.54, 1.807) is 4.90 Å². The summed E-state index contributed by atoms with van der Waals surface area (Å²) in [6.07, 6.45) is 1.25. The summed E-state index contributed by atoms with van der Waals surface area (Å²) in [6, 6.07) is 9.85. The molecule has 0 spiro atoms. The number of nitrogens with zero attached hydrogens (tertiary/aromatic N) is 2. The van der Waals surface area contributed by atoms with Crippen LogP contribution in [0.5, 0.6) is 0 Å². The third-order valence-corrected chi connectivity index (χ3v) is 4.39. The van der Waals surface area contributed by atoms with Gasteiger partial charge in [0.1, 0.15) is 0 Å². The van der Waals surface area contributed by atoms with E-state index >= 15 is 0 Å². The van der Waals surface area contributed by atoms with E-state index in [1.165, 1.54) is 0 Å². The normalized spacial score (nSPS) is 18.4. The fourth-order valence-corrected chi connectivity index (χ4v) is 2.98. The molecule has 0 bridgehead atoms. The average Bonchev–Trinajstić information content (AvgIpc) is 2.73. The molecule has 0 unspecified atom stereocenters. The van der Waals surface area contributed by atoms with E-state index in [9.17, 15) is 14.4 Å². The molecule has 3 amide bonds. The largest absolute Gasteiger partial charge is 0.370 e. The number of benzene rings is 1. The van der Waals surface area contributed by atoms with Gasteiger partial charge in [-0.2, -0.15) is 0 Å². The molecule has 6 heteroatoms. The number of primary amides is 1. The average molecular weight is 331 g/mol. The number of nitrogens with two attached hydrogens (primary N) is 1. The van der Waals surface area contributed by atoms with Gasteiger partial charge < -0.3 is 15.5 Å². The molecule has 2 N–H and O–H groups in total. The van der Waals surface area contributed by atoms with Gasteiger partial charge in [0.2, 0.25) is 17.7 Å². The Morgan fingerprint density at radius 2 is 1.92 bits per heavy atom. The molecule has 1 heterocycles. The number of amides is 3. The van der Waals surface area contributed by atoms with Gasteiger partial charge in [-0.1, -0.05) is 37.3 Å². The number of hydrogen-bond donors (Lipinski definition) is 1. The first kappa shape index (κ1) is 18.0. The third-order valence-electron chi connectivity index (χ3n) is 4.39. The quantitative estimate of drug-likeness (QED) is 0.852. The lowest BCUT2D eigenvalue weighted by Gasteiger charge is -2.31. The number of carbonyl (C=O) groups is 3. The van der Waals surface area contributed by atoms with Crippen LogP contribution in [0.25, 0.3) is 0 Å². The van der Waals surface area contributed by atoms with Crippen LogP contribution < -0.4 is 5.73 Å². The van der Waals surface area contributed by atoms with Crippen molar-refractivity contribution in [3.63, 3.8) is 0 Å². The molecule has 6 nitrogen and oxygen atoms in total. The van der Waals surface area contributed by atoms with Crippen molar-refractivity contribution >= 4 is 17.7 Å². The molecular weight excluding hydrogens is 306 g/mol. The van der Waals surface area contributed by atoms with Crippen molar-refractivity contribution in [1.29, 1.82) is 0 Å². The Morgan fingerprint density at radius 1 is 1.21 bits per heavy atom. The van der Waals surface area contributed by atoms with Crippen LogP contribution in [0.4, 0.5) is 0 Å². The summed E-state index contributed by atoms with van der Waals surface area (Å²) in [7, 11) is 0. The second-order valence-electron chi connectivity index (χ2n) is 6.13. The highest BCUT2D eigenvalue weighted by atomic mass is 16.2. The van der Waals surface area contributed by atoms with E-state index in [2.05, 4.69) is 0 Å². The van der Waals surface area contributed by atoms with Crippen LogP contribution in [0.1, 0.15) is 38.2 Å². The van der Waals surface area contributed by atoms with Gasteiger partial charge in [-0.3, -0.25) is 14.4 Å². The van der Waals surface area contributed by atoms with Gasteiger partial charge in [0.05, 0.1) is 0 Å². The standard InChI is InChI=1S/C18H25N3O3/c1-2-15-13-20(17(23)9-8-16(19)22)11-10-18(24)21(15)12-14-6-4-3-5-7-14/h3-7,15H,2,8-13H2,1H3,(H2,19,22)/t15-/m0/s1. The molecule has 0 radical (unpaired) electrons. The second-order valence-corrected chi connectivity index (χ2v) is 6.13. The smallest absolute Gasteiger partial charge is 0.224 e. The highest BCUT2D eigenvalue weighted by molar-refractivity contribution is 5.84. The zero-order valence-corrected chi connectivity index (χ0v) is 14.1. The molecule has 1 aliphatic heterocycles. The Morgan fingerprint density at radius 3 is 2.54 bits per heavy atom. The summed E-state index contributed by atoms with van der Waals surface area (Å²) >= 11 is 0. The maximum atomic E-state index is 12.5. The monoisotopic (exact) mass is 331 g/mol. The predicted octanol–water partition coefficient (Wildman–Crippen LogP) is 1.29. The van der Waals surface area contributed by atoms with Crippen molar-refractivity contribution in [3.8, 4) is 0 Å². The van der Waals surface area contributed by atoms with E-state index in [4.69, 9.17) is 5.73 Å². The van der Waals surface area contributed by atoms with Crippen molar-refractivity contribution in [1.82, 2.24) is 9.80 Å². The minimum atomic E-state index is -0.480. The van der Waals surface area contributed by atoms with Gasteiger partial charge >= 0.3 is 0 Å². The van der Waals surface area contributed by atoms with Crippen molar-refractivity contribution in [2.24, 2.45) is 5.73 Å². The fraction of sp³-hybridized carbons (Fsp3) is 0.500. The maximum Gasteiger partial charge on any atom is 0.224 e. The van der Waals surface area contributed by atoms with Gasteiger partial charge in [0, 0.05) is 44.9 Å². The van der Waals surface area contributed by atoms with Crippen LogP contribution in [0.15, 0.2) is 30.3 Å². The summed E-state index contributed by atoms with van der Waals surface area (Å²) in [5.74, 6) is -0.524. The minimum absolute atomic E-state index is 0.0160. The summed E-state index contributed by atoms with van der Waals surface area (Å²) < 4.78 is 0. The van der Waals surface area contributed by atoms with Gasteiger partial charge in [0.25, 0.3) is 0 Å². The Balaban J connectivity index is 2.07. The van der Waals surface area contributed by atoms with Gasteiger partial charge in [-0.15, -0.1) is 0 Å². The molecule has 0 aliphatic carbocycles. The zero-order chi connectivity index (χ0) is 17.5. The molecular formula is C18H25N3O3. The first-order chi connectivity index (χ1) is 11.5. The van der Waals surface area contributed by atoms with Gasteiger partial charge in [-0.25, -0.2) is 0 Å². The topological polar surface area (TPSA) is 83.7 Å². The van der Waals surface area contributed by atoms with Crippen molar-refractivity contribution in [2.45, 2.75) is 45.2 Å². The summed E-state index contributed by atoms with van der Waals surface area (Å²) in [4.78, 5) is 39.3. The Bertz CT molecular complexity index is 588. The Hall–Kier alpha value is -2.37. The molecule has 1 fully saturated rings. The first-order valence-corrected chi connectivity index (χ1v) is 8.40. The van der Waals surface area contributed by atoms with E-state index in [1.807, 2.05) is 42.2 Å². The molecule has 1 aliphatic rings. The first-order valence-electron chi connectivity index (χ1n) is 8.40. The molecule has 1 aromatic rings. The molecule has 1 atom stereocenters. The highest BCUT2D eigenvalue weighted by Gasteiger charge is 2.30. The Labute approximate surface area is 142 Å². The molecule has 130 valence electrons. The molecule has 0 aromatic heterocycles. The van der Waals surface area contributed by atoms with Crippen molar-refractivity contribution in [3.05, 3.63) is 35.9 Å². The highest BCUT2D eigenvalue weighted by Crippen LogP contribution is 2.18. The molecule has 1 aromatic carbocycles. The SMILES string of the molecule is CC[C@H]1CN(C(=O)CCC(N)=O)CCC(=O)N1Cc1ccccc1. The van der Waals surface area contributed by atoms with Crippen LogP contribution >= 0.6 is 0 Å². The molecule has 0 saturated carbocycles. The second kappa shape index (κ2) is 8.47. The third kappa shape index (κ3) is 4.81. The molecule has 24 heavy (non-hydrogen) atoms. The number of hydrogen-bond acceptors (Lipinski definition) is 3. The van der Waals surface area contributed by atoms with Crippen molar-refractivity contribution in [2.75, 3.05) is 13.1 Å². The number of rotatable bonds is 6. The van der Waals surface area contributed by atoms with E-state index in [-0.39, 0.29) is 30.7 Å². The van der Waals surface area contributed by atoms with Crippen LogP contribution in [-0.4, -0.2) is 46.7 Å². The van der Waals surface area contributed by atoms with Crippen LogP contribution in [-0.2, 0) is 20.9 Å². The van der Waals surface area contributed by atoms with Crippen LogP contribution in [0.2, 0.25) is 0 Å². The summed E-state index contributed by atoms with van der Waals surface area (Å²) in [6.45, 7) is 3.49. The predicted molar refractivity (Wildman–Crippen MR) is 90.7 cm³/mol. The Kier molecular flexibility index (Phi) is 6.35. The van der Waals surface area contributed by atoms with Crippen molar-refractivity contribution < 1.29 is 14.4 Å². The molecule has 1 saturated heterocycles. The lowest BCUT2D eigenvalue weighted by atomic mass is 10.1. The summed E-state index contributed by atoms with van der Waals surface area (Å²) in [5.41, 5.74) is 6.19. The maximum absolute atomic E-state index is 12.5. The van der Waals surface area contributed by atoms with Gasteiger partial charge in [0.15, 0.2) is 0 Å². The van der Waals surface area contributed by atoms with Crippen LogP contribution in [0, 0.1) is 0 Å².